The van der Waals surface area contributed by atoms with Crippen molar-refractivity contribution < 1.29 is 9.22 Å². The zero-order valence-electron chi connectivity index (χ0n) is 11.4. The highest BCUT2D eigenvalue weighted by atomic mass is 28.4. The molecule has 0 spiro atoms. The summed E-state index contributed by atoms with van der Waals surface area (Å²) in [5.74, 6) is -0.0399. The van der Waals surface area contributed by atoms with Gasteiger partial charge in [-0.15, -0.1) is 0 Å². The molecule has 20 heavy (non-hydrogen) atoms. The van der Waals surface area contributed by atoms with Gasteiger partial charge in [-0.05, 0) is 22.8 Å². The number of hydrogen-bond donors (Lipinski definition) is 0. The predicted molar refractivity (Wildman–Crippen MR) is 82.7 cm³/mol. The molecule has 0 radical (unpaired) electrons. The van der Waals surface area contributed by atoms with Gasteiger partial charge >= 0.3 is 8.32 Å². The maximum Gasteiger partial charge on any atom is 0.318 e. The van der Waals surface area contributed by atoms with E-state index in [1.54, 1.807) is 0 Å². The van der Waals surface area contributed by atoms with Crippen LogP contribution in [0.2, 0.25) is 6.04 Å². The summed E-state index contributed by atoms with van der Waals surface area (Å²) in [5.41, 5.74) is 0. The molecule has 2 nitrogen and oxygen atoms in total. The topological polar surface area (TPSA) is 26.3 Å². The van der Waals surface area contributed by atoms with E-state index >= 15 is 0 Å². The van der Waals surface area contributed by atoms with Crippen molar-refractivity contribution in [1.29, 1.82) is 0 Å². The number of carbonyl (C=O) groups is 1. The Morgan fingerprint density at radius 1 is 0.800 bits per heavy atom. The second kappa shape index (κ2) is 5.63. The molecule has 0 N–H and O–H groups in total. The first-order valence-electron chi connectivity index (χ1n) is 7.14. The highest BCUT2D eigenvalue weighted by Gasteiger charge is 2.43. The molecule has 0 bridgehead atoms. The van der Waals surface area contributed by atoms with Gasteiger partial charge in [0.15, 0.2) is 0 Å². The van der Waals surface area contributed by atoms with Crippen molar-refractivity contribution in [3.8, 4) is 0 Å². The summed E-state index contributed by atoms with van der Waals surface area (Å²) in [7, 11) is -2.40. The highest BCUT2D eigenvalue weighted by Crippen LogP contribution is 2.22. The van der Waals surface area contributed by atoms with E-state index in [2.05, 4.69) is 24.3 Å². The minimum atomic E-state index is -2.40. The summed E-state index contributed by atoms with van der Waals surface area (Å²) < 4.78 is 6.07. The molecule has 0 aromatic heterocycles. The Balaban J connectivity index is 2.14. The van der Waals surface area contributed by atoms with Crippen molar-refractivity contribution in [1.82, 2.24) is 0 Å². The second-order valence-corrected chi connectivity index (χ2v) is 8.75. The Kier molecular flexibility index (Phi) is 3.70. The van der Waals surface area contributed by atoms with Crippen LogP contribution in [0.3, 0.4) is 0 Å². The van der Waals surface area contributed by atoms with E-state index in [1.165, 1.54) is 10.4 Å². The average molecular weight is 282 g/mol. The van der Waals surface area contributed by atoms with E-state index in [0.29, 0.717) is 6.42 Å². The molecule has 102 valence electrons. The van der Waals surface area contributed by atoms with E-state index in [-0.39, 0.29) is 5.97 Å². The van der Waals surface area contributed by atoms with Crippen LogP contribution in [0.15, 0.2) is 60.7 Å². The quantitative estimate of drug-likeness (QED) is 0.791. The van der Waals surface area contributed by atoms with Gasteiger partial charge in [0.25, 0.3) is 5.97 Å². The fourth-order valence-electron chi connectivity index (χ4n) is 2.93. The van der Waals surface area contributed by atoms with Crippen molar-refractivity contribution in [2.24, 2.45) is 0 Å². The molecule has 2 aromatic carbocycles. The molecule has 1 aliphatic heterocycles. The fourth-order valence-corrected chi connectivity index (χ4v) is 6.88. The molecular formula is C17H18O2Si. The van der Waals surface area contributed by atoms with Gasteiger partial charge in [0, 0.05) is 6.42 Å². The Morgan fingerprint density at radius 3 is 1.90 bits per heavy atom. The lowest BCUT2D eigenvalue weighted by Crippen LogP contribution is -2.61. The molecular weight excluding hydrogens is 264 g/mol. The first-order chi connectivity index (χ1) is 9.81. The smallest absolute Gasteiger partial charge is 0.318 e. The zero-order chi connectivity index (χ0) is 13.8. The number of hydrogen-bond acceptors (Lipinski definition) is 2. The SMILES string of the molecule is O=C1CCCC[Si](c2ccccc2)(c2ccccc2)O1. The summed E-state index contributed by atoms with van der Waals surface area (Å²) in [6.45, 7) is 0. The minimum absolute atomic E-state index is 0.0399. The van der Waals surface area contributed by atoms with Crippen LogP contribution >= 0.6 is 0 Å². The Bertz CT molecular complexity index is 541. The predicted octanol–water partition coefficient (Wildman–Crippen LogP) is 2.47. The number of carbonyl (C=O) groups excluding carboxylic acids is 1. The minimum Gasteiger partial charge on any atom is -0.510 e. The summed E-state index contributed by atoms with van der Waals surface area (Å²) in [6, 6.07) is 21.6. The van der Waals surface area contributed by atoms with Gasteiger partial charge in [-0.3, -0.25) is 4.79 Å². The van der Waals surface area contributed by atoms with Gasteiger partial charge in [-0.25, -0.2) is 0 Å². The van der Waals surface area contributed by atoms with Crippen molar-refractivity contribution in [2.75, 3.05) is 0 Å². The third-order valence-corrected chi connectivity index (χ3v) is 8.09. The molecule has 1 fully saturated rings. The van der Waals surface area contributed by atoms with Gasteiger partial charge in [0.05, 0.1) is 0 Å². The van der Waals surface area contributed by atoms with Crippen LogP contribution in [-0.4, -0.2) is 14.3 Å². The van der Waals surface area contributed by atoms with E-state index in [1.807, 2.05) is 36.4 Å². The van der Waals surface area contributed by atoms with Crippen LogP contribution in [0.4, 0.5) is 0 Å². The molecule has 1 aliphatic rings. The summed E-state index contributed by atoms with van der Waals surface area (Å²) in [6.07, 6.45) is 2.55. The second-order valence-electron chi connectivity index (χ2n) is 5.24. The molecule has 1 heterocycles. The van der Waals surface area contributed by atoms with Crippen molar-refractivity contribution in [3.05, 3.63) is 60.7 Å². The van der Waals surface area contributed by atoms with Crippen LogP contribution < -0.4 is 10.4 Å². The monoisotopic (exact) mass is 282 g/mol. The lowest BCUT2D eigenvalue weighted by Gasteiger charge is -2.30. The lowest BCUT2D eigenvalue weighted by molar-refractivity contribution is -0.134. The van der Waals surface area contributed by atoms with Crippen LogP contribution in [0, 0.1) is 0 Å². The van der Waals surface area contributed by atoms with Crippen LogP contribution in [0.25, 0.3) is 0 Å². The molecule has 0 unspecified atom stereocenters. The first-order valence-corrected chi connectivity index (χ1v) is 9.26. The van der Waals surface area contributed by atoms with Crippen molar-refractivity contribution in [3.63, 3.8) is 0 Å². The third-order valence-electron chi connectivity index (χ3n) is 3.93. The van der Waals surface area contributed by atoms with E-state index in [9.17, 15) is 4.79 Å². The van der Waals surface area contributed by atoms with Crippen molar-refractivity contribution in [2.45, 2.75) is 25.3 Å². The summed E-state index contributed by atoms with van der Waals surface area (Å²) in [5, 5.41) is 2.39. The maximum atomic E-state index is 12.1. The molecule has 0 atom stereocenters. The highest BCUT2D eigenvalue weighted by molar-refractivity contribution is 6.98. The Labute approximate surface area is 120 Å². The van der Waals surface area contributed by atoms with Gasteiger partial charge in [0.2, 0.25) is 0 Å². The number of benzene rings is 2. The van der Waals surface area contributed by atoms with E-state index in [4.69, 9.17) is 4.43 Å². The molecule has 3 rings (SSSR count). The van der Waals surface area contributed by atoms with Gasteiger partial charge < -0.3 is 4.43 Å². The molecule has 1 saturated heterocycles. The Morgan fingerprint density at radius 2 is 1.35 bits per heavy atom. The fraction of sp³-hybridized carbons (Fsp3) is 0.235. The largest absolute Gasteiger partial charge is 0.510 e. The lowest BCUT2D eigenvalue weighted by atomic mass is 10.3. The van der Waals surface area contributed by atoms with Crippen LogP contribution in [0.5, 0.6) is 0 Å². The molecule has 0 aliphatic carbocycles. The molecule has 3 heteroatoms. The molecule has 2 aromatic rings. The summed E-state index contributed by atoms with van der Waals surface area (Å²) >= 11 is 0. The molecule has 0 amide bonds. The van der Waals surface area contributed by atoms with Crippen LogP contribution in [0.1, 0.15) is 19.3 Å². The van der Waals surface area contributed by atoms with E-state index in [0.717, 1.165) is 18.9 Å². The first kappa shape index (κ1) is 13.1. The van der Waals surface area contributed by atoms with Gasteiger partial charge in [0.1, 0.15) is 0 Å². The normalized spacial score (nSPS) is 18.1. The van der Waals surface area contributed by atoms with Gasteiger partial charge in [-0.1, -0.05) is 67.1 Å². The zero-order valence-corrected chi connectivity index (χ0v) is 12.4. The standard InChI is InChI=1S/C17H18O2Si/c18-17-13-7-8-14-20(19-17,15-9-3-1-4-10-15)16-11-5-2-6-12-16/h1-6,9-12H,7-8,13-14H2. The van der Waals surface area contributed by atoms with E-state index < -0.39 is 8.32 Å². The van der Waals surface area contributed by atoms with Crippen molar-refractivity contribution >= 4 is 24.7 Å². The maximum absolute atomic E-state index is 12.1. The third kappa shape index (κ3) is 2.41. The van der Waals surface area contributed by atoms with Crippen LogP contribution in [-0.2, 0) is 9.22 Å². The Hall–Kier alpha value is -1.87. The number of rotatable bonds is 2. The summed E-state index contributed by atoms with van der Waals surface area (Å²) in [4.78, 5) is 12.1. The van der Waals surface area contributed by atoms with Gasteiger partial charge in [-0.2, -0.15) is 0 Å². The molecule has 0 saturated carbocycles. The average Bonchev–Trinajstić information content (AvgIpc) is 2.72.